The summed E-state index contributed by atoms with van der Waals surface area (Å²) in [6.45, 7) is 3.68. The number of hydrogen-bond acceptors (Lipinski definition) is 3. The third-order valence-corrected chi connectivity index (χ3v) is 5.37. The first-order valence-electron chi connectivity index (χ1n) is 6.18. The summed E-state index contributed by atoms with van der Waals surface area (Å²) in [5, 5.41) is 1.14. The summed E-state index contributed by atoms with van der Waals surface area (Å²) in [5.41, 5.74) is 6.60. The Labute approximate surface area is 127 Å². The van der Waals surface area contributed by atoms with Gasteiger partial charge < -0.3 is 10.6 Å². The molecule has 2 N–H and O–H groups in total. The van der Waals surface area contributed by atoms with Crippen LogP contribution in [0.2, 0.25) is 10.0 Å². The summed E-state index contributed by atoms with van der Waals surface area (Å²) in [7, 11) is 0. The second-order valence-electron chi connectivity index (χ2n) is 4.51. The Hall–Kier alpha value is -0.580. The van der Waals surface area contributed by atoms with Gasteiger partial charge in [-0.25, -0.2) is 0 Å². The Kier molecular flexibility index (Phi) is 4.87. The molecule has 0 radical (unpaired) electrons. The van der Waals surface area contributed by atoms with Crippen LogP contribution in [0.3, 0.4) is 0 Å². The van der Waals surface area contributed by atoms with Crippen LogP contribution in [0.25, 0.3) is 0 Å². The molecule has 19 heavy (non-hydrogen) atoms. The summed E-state index contributed by atoms with van der Waals surface area (Å²) < 4.78 is 0. The first kappa shape index (κ1) is 14.8. The first-order chi connectivity index (χ1) is 9.02. The van der Waals surface area contributed by atoms with E-state index in [1.54, 1.807) is 12.1 Å². The number of thioether (sulfide) groups is 1. The Morgan fingerprint density at radius 3 is 2.89 bits per heavy atom. The maximum absolute atomic E-state index is 12.4. The average molecular weight is 319 g/mol. The fraction of sp³-hybridized carbons (Fsp3) is 0.462. The minimum absolute atomic E-state index is 0.0241. The van der Waals surface area contributed by atoms with Crippen LogP contribution in [0.1, 0.15) is 23.7 Å². The number of amides is 1. The minimum atomic E-state index is -0.0241. The number of nitrogens with zero attached hydrogens (tertiary/aromatic N) is 1. The van der Waals surface area contributed by atoms with E-state index < -0.39 is 0 Å². The quantitative estimate of drug-likeness (QED) is 0.848. The normalized spacial score (nSPS) is 19.5. The van der Waals surface area contributed by atoms with Gasteiger partial charge in [0.2, 0.25) is 0 Å². The Balaban J connectivity index is 2.19. The Morgan fingerprint density at radius 1 is 1.53 bits per heavy atom. The zero-order valence-electron chi connectivity index (χ0n) is 10.7. The smallest absolute Gasteiger partial charge is 0.254 e. The maximum Gasteiger partial charge on any atom is 0.254 e. The molecule has 1 fully saturated rings. The second kappa shape index (κ2) is 6.25. The van der Waals surface area contributed by atoms with E-state index in [-0.39, 0.29) is 5.91 Å². The molecule has 0 aliphatic carbocycles. The molecular formula is C13H16Cl2N2OS. The predicted molar refractivity (Wildman–Crippen MR) is 83.3 cm³/mol. The van der Waals surface area contributed by atoms with Crippen LogP contribution in [0.4, 0.5) is 5.69 Å². The van der Waals surface area contributed by atoms with Crippen molar-refractivity contribution >= 4 is 46.6 Å². The van der Waals surface area contributed by atoms with Crippen LogP contribution in [0.5, 0.6) is 0 Å². The van der Waals surface area contributed by atoms with Gasteiger partial charge in [0.15, 0.2) is 0 Å². The lowest BCUT2D eigenvalue weighted by Crippen LogP contribution is -2.41. The number of anilines is 1. The van der Waals surface area contributed by atoms with Crippen LogP contribution in [0.15, 0.2) is 12.1 Å². The average Bonchev–Trinajstić information content (AvgIpc) is 2.43. The van der Waals surface area contributed by atoms with Crippen molar-refractivity contribution in [2.45, 2.75) is 18.6 Å². The maximum atomic E-state index is 12.4. The standard InChI is InChI=1S/C13H16Cl2N2OS/c1-2-9-7-17(3-4-19-9)13(18)8-5-10(14)12(15)11(16)6-8/h5-6,9H,2-4,7,16H2,1H3. The van der Waals surface area contributed by atoms with Crippen molar-refractivity contribution in [1.29, 1.82) is 0 Å². The number of halogens is 2. The van der Waals surface area contributed by atoms with Crippen molar-refractivity contribution in [3.63, 3.8) is 0 Å². The minimum Gasteiger partial charge on any atom is -0.397 e. The van der Waals surface area contributed by atoms with Gasteiger partial charge in [0.1, 0.15) is 0 Å². The third-order valence-electron chi connectivity index (χ3n) is 3.18. The van der Waals surface area contributed by atoms with Gasteiger partial charge in [-0.2, -0.15) is 11.8 Å². The topological polar surface area (TPSA) is 46.3 Å². The number of carbonyl (C=O) groups excluding carboxylic acids is 1. The monoisotopic (exact) mass is 318 g/mol. The van der Waals surface area contributed by atoms with E-state index in [1.165, 1.54) is 0 Å². The molecule has 0 aromatic heterocycles. The van der Waals surface area contributed by atoms with Gasteiger partial charge in [-0.05, 0) is 18.6 Å². The van der Waals surface area contributed by atoms with Crippen molar-refractivity contribution in [2.24, 2.45) is 0 Å². The zero-order valence-corrected chi connectivity index (χ0v) is 13.0. The highest BCUT2D eigenvalue weighted by Crippen LogP contribution is 2.30. The molecule has 1 aliphatic heterocycles. The number of nitrogens with two attached hydrogens (primary N) is 1. The van der Waals surface area contributed by atoms with Crippen LogP contribution >= 0.6 is 35.0 Å². The van der Waals surface area contributed by atoms with Gasteiger partial charge in [-0.15, -0.1) is 0 Å². The van der Waals surface area contributed by atoms with Crippen LogP contribution in [0, 0.1) is 0 Å². The van der Waals surface area contributed by atoms with Crippen molar-refractivity contribution in [3.05, 3.63) is 27.7 Å². The highest BCUT2D eigenvalue weighted by Gasteiger charge is 2.24. The molecule has 2 rings (SSSR count). The van der Waals surface area contributed by atoms with Gasteiger partial charge in [0.05, 0.1) is 15.7 Å². The number of carbonyl (C=O) groups is 1. The SMILES string of the molecule is CCC1CN(C(=O)c2cc(N)c(Cl)c(Cl)c2)CCS1. The van der Waals surface area contributed by atoms with Gasteiger partial charge >= 0.3 is 0 Å². The Morgan fingerprint density at radius 2 is 2.26 bits per heavy atom. The highest BCUT2D eigenvalue weighted by molar-refractivity contribution is 8.00. The summed E-state index contributed by atoms with van der Waals surface area (Å²) in [5.74, 6) is 0.949. The molecule has 104 valence electrons. The van der Waals surface area contributed by atoms with Gasteiger partial charge in [0, 0.05) is 29.7 Å². The van der Waals surface area contributed by atoms with Crippen molar-refractivity contribution in [1.82, 2.24) is 4.90 Å². The van der Waals surface area contributed by atoms with Gasteiger partial charge in [-0.3, -0.25) is 4.79 Å². The molecule has 1 unspecified atom stereocenters. The van der Waals surface area contributed by atoms with E-state index in [2.05, 4.69) is 6.92 Å². The van der Waals surface area contributed by atoms with E-state index in [0.717, 1.165) is 25.3 Å². The zero-order chi connectivity index (χ0) is 14.0. The molecular weight excluding hydrogens is 303 g/mol. The van der Waals surface area contributed by atoms with Crippen molar-refractivity contribution in [2.75, 3.05) is 24.6 Å². The largest absolute Gasteiger partial charge is 0.397 e. The van der Waals surface area contributed by atoms with Gasteiger partial charge in [-0.1, -0.05) is 30.1 Å². The van der Waals surface area contributed by atoms with E-state index in [1.807, 2.05) is 16.7 Å². The van der Waals surface area contributed by atoms with Crippen molar-refractivity contribution in [3.8, 4) is 0 Å². The van der Waals surface area contributed by atoms with Gasteiger partial charge in [0.25, 0.3) is 5.91 Å². The van der Waals surface area contributed by atoms with E-state index >= 15 is 0 Å². The summed E-state index contributed by atoms with van der Waals surface area (Å²) in [6.07, 6.45) is 1.07. The van der Waals surface area contributed by atoms with Crippen LogP contribution in [-0.4, -0.2) is 34.9 Å². The molecule has 1 aliphatic rings. The van der Waals surface area contributed by atoms with Crippen molar-refractivity contribution < 1.29 is 4.79 Å². The Bertz CT molecular complexity index is 473. The highest BCUT2D eigenvalue weighted by atomic mass is 35.5. The second-order valence-corrected chi connectivity index (χ2v) is 6.71. The molecule has 1 aromatic carbocycles. The summed E-state index contributed by atoms with van der Waals surface area (Å²) >= 11 is 13.8. The number of hydrogen-bond donors (Lipinski definition) is 1. The molecule has 0 bridgehead atoms. The summed E-state index contributed by atoms with van der Waals surface area (Å²) in [4.78, 5) is 14.3. The molecule has 1 atom stereocenters. The lowest BCUT2D eigenvalue weighted by atomic mass is 10.1. The molecule has 3 nitrogen and oxygen atoms in total. The molecule has 1 saturated heterocycles. The molecule has 1 aromatic rings. The third kappa shape index (κ3) is 3.30. The van der Waals surface area contributed by atoms with Crippen LogP contribution in [-0.2, 0) is 0 Å². The molecule has 1 amide bonds. The number of benzene rings is 1. The van der Waals surface area contributed by atoms with E-state index in [0.29, 0.717) is 26.5 Å². The molecule has 1 heterocycles. The summed E-state index contributed by atoms with van der Waals surface area (Å²) in [6, 6.07) is 3.19. The van der Waals surface area contributed by atoms with E-state index in [9.17, 15) is 4.79 Å². The number of rotatable bonds is 2. The fourth-order valence-corrected chi connectivity index (χ4v) is 3.58. The fourth-order valence-electron chi connectivity index (χ4n) is 2.07. The number of nitrogen functional groups attached to an aromatic ring is 1. The lowest BCUT2D eigenvalue weighted by molar-refractivity contribution is 0.0761. The van der Waals surface area contributed by atoms with E-state index in [4.69, 9.17) is 28.9 Å². The predicted octanol–water partition coefficient (Wildman–Crippen LogP) is 3.54. The molecule has 6 heteroatoms. The molecule has 0 spiro atoms. The first-order valence-corrected chi connectivity index (χ1v) is 7.98. The molecule has 0 saturated carbocycles. The van der Waals surface area contributed by atoms with Crippen LogP contribution < -0.4 is 5.73 Å². The lowest BCUT2D eigenvalue weighted by Gasteiger charge is -2.32.